The van der Waals surface area contributed by atoms with Gasteiger partial charge >= 0.3 is 18.8 Å². The van der Waals surface area contributed by atoms with E-state index in [1.807, 2.05) is 62.6 Å². The highest BCUT2D eigenvalue weighted by Gasteiger charge is 2.38. The zero-order valence-electron chi connectivity index (χ0n) is 26.7. The van der Waals surface area contributed by atoms with Gasteiger partial charge in [0.25, 0.3) is 12.4 Å². The van der Waals surface area contributed by atoms with Crippen LogP contribution in [0.4, 0.5) is 32.2 Å². The molecule has 3 N–H and O–H groups in total. The SMILES string of the molecule is CC(c1cccc(Oc2ccc3nc(NC(=O)c4ccc(C(C)(C)C)cc4)cn3n2)c1)N(C)C.FC(F)F.O=C(O)C(F)(F)F.O=CO. The molecule has 4 rings (SSSR count). The summed E-state index contributed by atoms with van der Waals surface area (Å²) in [4.78, 5) is 36.5. The number of carbonyl (C=O) groups is 3. The minimum Gasteiger partial charge on any atom is -0.483 e. The molecule has 2 heterocycles. The first-order valence-corrected chi connectivity index (χ1v) is 13.7. The van der Waals surface area contributed by atoms with Gasteiger partial charge in [-0.05, 0) is 67.9 Å². The molecule has 0 aliphatic heterocycles. The molecule has 1 unspecified atom stereocenters. The second-order valence-electron chi connectivity index (χ2n) is 10.9. The van der Waals surface area contributed by atoms with E-state index in [1.54, 1.807) is 16.8 Å². The first-order chi connectivity index (χ1) is 22.2. The Kier molecular flexibility index (Phi) is 15.5. The number of hydrogen-bond acceptors (Lipinski definition) is 7. The number of aliphatic carboxylic acids is 1. The summed E-state index contributed by atoms with van der Waals surface area (Å²) in [5.74, 6) is -1.39. The highest BCUT2D eigenvalue weighted by molar-refractivity contribution is 6.03. The lowest BCUT2D eigenvalue weighted by Gasteiger charge is -2.20. The molecule has 0 saturated carbocycles. The molecule has 0 bridgehead atoms. The monoisotopic (exact) mass is 687 g/mol. The summed E-state index contributed by atoms with van der Waals surface area (Å²) in [5, 5.41) is 21.4. The van der Waals surface area contributed by atoms with Crippen molar-refractivity contribution in [3.05, 3.63) is 83.6 Å². The van der Waals surface area contributed by atoms with Gasteiger partial charge in [0.2, 0.25) is 5.88 Å². The van der Waals surface area contributed by atoms with Crippen molar-refractivity contribution in [3.63, 3.8) is 0 Å². The fraction of sp³-hybridized carbons (Fsp3) is 0.323. The Balaban J connectivity index is 0.000000696. The number of carboxylic acids is 1. The fourth-order valence-electron chi connectivity index (χ4n) is 3.55. The van der Waals surface area contributed by atoms with Crippen molar-refractivity contribution in [2.75, 3.05) is 19.4 Å². The molecule has 0 aliphatic carbocycles. The largest absolute Gasteiger partial charge is 0.490 e. The molecule has 48 heavy (non-hydrogen) atoms. The summed E-state index contributed by atoms with van der Waals surface area (Å²) in [6.45, 7) is 4.66. The number of halogens is 6. The van der Waals surface area contributed by atoms with Gasteiger partial charge in [-0.1, -0.05) is 45.0 Å². The van der Waals surface area contributed by atoms with Crippen LogP contribution < -0.4 is 10.1 Å². The average molecular weight is 688 g/mol. The number of alkyl halides is 6. The molecule has 262 valence electrons. The highest BCUT2D eigenvalue weighted by atomic mass is 19.4. The molecule has 17 heteroatoms. The van der Waals surface area contributed by atoms with E-state index in [1.165, 1.54) is 5.56 Å². The normalized spacial score (nSPS) is 11.6. The average Bonchev–Trinajstić information content (AvgIpc) is 3.38. The van der Waals surface area contributed by atoms with Gasteiger partial charge in [0, 0.05) is 17.7 Å². The number of aromatic nitrogens is 3. The van der Waals surface area contributed by atoms with Crippen LogP contribution in [0.15, 0.2) is 66.9 Å². The van der Waals surface area contributed by atoms with Crippen molar-refractivity contribution in [2.45, 2.75) is 52.0 Å². The van der Waals surface area contributed by atoms with E-state index in [9.17, 15) is 31.1 Å². The third-order valence-electron chi connectivity index (χ3n) is 6.13. The molecule has 4 aromatic rings. The highest BCUT2D eigenvalue weighted by Crippen LogP contribution is 2.26. The zero-order valence-corrected chi connectivity index (χ0v) is 26.7. The van der Waals surface area contributed by atoms with Crippen LogP contribution in [-0.4, -0.2) is 75.0 Å². The summed E-state index contributed by atoms with van der Waals surface area (Å²) in [6, 6.07) is 19.5. The lowest BCUT2D eigenvalue weighted by Crippen LogP contribution is -2.21. The van der Waals surface area contributed by atoms with E-state index in [2.05, 4.69) is 54.1 Å². The maximum atomic E-state index is 12.7. The lowest BCUT2D eigenvalue weighted by atomic mass is 9.87. The summed E-state index contributed by atoms with van der Waals surface area (Å²) >= 11 is 0. The van der Waals surface area contributed by atoms with Gasteiger partial charge in [-0.25, -0.2) is 14.3 Å². The Bertz CT molecular complexity index is 1620. The number of amides is 1. The number of imidazole rings is 1. The van der Waals surface area contributed by atoms with Crippen LogP contribution >= 0.6 is 0 Å². The van der Waals surface area contributed by atoms with Gasteiger partial charge in [0.05, 0.1) is 6.20 Å². The minimum atomic E-state index is -5.08. The number of carboxylic acid groups (broad SMARTS) is 2. The topological polar surface area (TPSA) is 146 Å². The van der Waals surface area contributed by atoms with E-state index in [0.717, 1.165) is 5.56 Å². The van der Waals surface area contributed by atoms with Crippen LogP contribution in [0, 0.1) is 0 Å². The molecule has 0 radical (unpaired) electrons. The van der Waals surface area contributed by atoms with Gasteiger partial charge in [-0.3, -0.25) is 9.59 Å². The summed E-state index contributed by atoms with van der Waals surface area (Å²) in [6.07, 6.45) is -3.41. The first kappa shape index (κ1) is 40.8. The van der Waals surface area contributed by atoms with Crippen LogP contribution in [0.5, 0.6) is 11.6 Å². The van der Waals surface area contributed by atoms with Crippen molar-refractivity contribution in [1.82, 2.24) is 19.5 Å². The van der Waals surface area contributed by atoms with E-state index >= 15 is 0 Å². The maximum Gasteiger partial charge on any atom is 0.490 e. The van der Waals surface area contributed by atoms with Crippen molar-refractivity contribution < 1.29 is 55.7 Å². The van der Waals surface area contributed by atoms with Crippen molar-refractivity contribution in [1.29, 1.82) is 0 Å². The van der Waals surface area contributed by atoms with Crippen molar-refractivity contribution in [2.24, 2.45) is 0 Å². The Hall–Kier alpha value is -5.19. The fourth-order valence-corrected chi connectivity index (χ4v) is 3.55. The number of hydrogen-bond donors (Lipinski definition) is 3. The number of rotatable bonds is 6. The first-order valence-electron chi connectivity index (χ1n) is 13.7. The third kappa shape index (κ3) is 14.1. The molecule has 2 aromatic heterocycles. The number of carbonyl (C=O) groups excluding carboxylic acids is 1. The van der Waals surface area contributed by atoms with Gasteiger partial charge < -0.3 is 25.2 Å². The Morgan fingerprint density at radius 2 is 1.54 bits per heavy atom. The smallest absolute Gasteiger partial charge is 0.483 e. The Labute approximate surface area is 271 Å². The molecule has 1 atom stereocenters. The molecule has 1 amide bonds. The maximum absolute atomic E-state index is 12.7. The van der Waals surface area contributed by atoms with Gasteiger partial charge in [-0.2, -0.15) is 26.3 Å². The molecule has 0 saturated heterocycles. The zero-order chi connectivity index (χ0) is 36.8. The lowest BCUT2D eigenvalue weighted by molar-refractivity contribution is -0.192. The van der Waals surface area contributed by atoms with E-state index < -0.39 is 18.8 Å². The van der Waals surface area contributed by atoms with Crippen LogP contribution in [0.25, 0.3) is 5.65 Å². The molecular weight excluding hydrogens is 652 g/mol. The second kappa shape index (κ2) is 18.2. The van der Waals surface area contributed by atoms with Crippen LogP contribution in [0.2, 0.25) is 0 Å². The predicted molar refractivity (Wildman–Crippen MR) is 164 cm³/mol. The Morgan fingerprint density at radius 3 is 2.02 bits per heavy atom. The third-order valence-corrected chi connectivity index (χ3v) is 6.13. The summed E-state index contributed by atoms with van der Waals surface area (Å²) in [7, 11) is 4.09. The molecule has 0 aliphatic rings. The number of anilines is 1. The number of fused-ring (bicyclic) bond motifs is 1. The molecular formula is C31H35F6N5O6. The summed E-state index contributed by atoms with van der Waals surface area (Å²) < 4.78 is 68.3. The molecule has 0 spiro atoms. The number of benzene rings is 2. The van der Waals surface area contributed by atoms with E-state index in [0.29, 0.717) is 28.7 Å². The van der Waals surface area contributed by atoms with Crippen molar-refractivity contribution >= 4 is 29.8 Å². The van der Waals surface area contributed by atoms with Crippen LogP contribution in [0.1, 0.15) is 55.2 Å². The van der Waals surface area contributed by atoms with Crippen LogP contribution in [0.3, 0.4) is 0 Å². The Morgan fingerprint density at radius 1 is 1.00 bits per heavy atom. The van der Waals surface area contributed by atoms with E-state index in [4.69, 9.17) is 24.5 Å². The molecule has 0 fully saturated rings. The van der Waals surface area contributed by atoms with Crippen molar-refractivity contribution in [3.8, 4) is 11.6 Å². The van der Waals surface area contributed by atoms with E-state index in [-0.39, 0.29) is 23.8 Å². The number of nitrogens with zero attached hydrogens (tertiary/aromatic N) is 4. The number of ether oxygens (including phenoxy) is 1. The van der Waals surface area contributed by atoms with Gasteiger partial charge in [0.1, 0.15) is 5.75 Å². The molecule has 11 nitrogen and oxygen atoms in total. The number of nitrogens with one attached hydrogen (secondary N) is 1. The van der Waals surface area contributed by atoms with Gasteiger partial charge in [0.15, 0.2) is 11.5 Å². The predicted octanol–water partition coefficient (Wildman–Crippen LogP) is 7.21. The second-order valence-corrected chi connectivity index (χ2v) is 10.9. The quantitative estimate of drug-likeness (QED) is 0.141. The van der Waals surface area contributed by atoms with Crippen LogP contribution in [-0.2, 0) is 15.0 Å². The van der Waals surface area contributed by atoms with Gasteiger partial charge in [-0.15, -0.1) is 5.10 Å². The minimum absolute atomic E-state index is 0.0357. The summed E-state index contributed by atoms with van der Waals surface area (Å²) in [5.41, 5.74) is 3.56. The standard InChI is InChI=1S/C27H31N5O2.C2HF3O2.CHF3.CH2O2/c1-18(31(5)6)20-8-7-9-22(16-20)34-25-15-14-24-28-23(17-32(24)30-25)29-26(33)19-10-12-21(13-11-19)27(2,3)4;3-2(4,5)1(6)7;2-1(3)4;2-1-3/h7-18H,1-6H3,(H,29,33);(H,6,7);1H;1H,(H,2,3). The molecule has 2 aromatic carbocycles.